The summed E-state index contributed by atoms with van der Waals surface area (Å²) in [4.78, 5) is 0. The van der Waals surface area contributed by atoms with Gasteiger partial charge < -0.3 is 0 Å². The Morgan fingerprint density at radius 1 is 1.55 bits per heavy atom. The molecule has 0 aliphatic heterocycles. The highest BCUT2D eigenvalue weighted by atomic mass is 32.1. The third-order valence-electron chi connectivity index (χ3n) is 1.90. The molecule has 0 unspecified atom stereocenters. The largest absolute Gasteiger partial charge is 0.197 e. The Hall–Kier alpha value is -0.950. The van der Waals surface area contributed by atoms with Crippen LogP contribution >= 0.6 is 11.3 Å². The van der Waals surface area contributed by atoms with Gasteiger partial charge in [-0.05, 0) is 19.8 Å². The first-order valence-electron chi connectivity index (χ1n) is 3.49. The van der Waals surface area contributed by atoms with E-state index in [1.54, 1.807) is 0 Å². The van der Waals surface area contributed by atoms with Gasteiger partial charge in [0.15, 0.2) is 0 Å². The van der Waals surface area contributed by atoms with E-state index < -0.39 is 0 Å². The van der Waals surface area contributed by atoms with E-state index in [1.165, 1.54) is 11.3 Å². The molecular weight excluding hydrogens is 158 g/mol. The number of nitriles is 1. The smallest absolute Gasteiger partial charge is 0.137 e. The van der Waals surface area contributed by atoms with Crippen molar-refractivity contribution in [2.45, 2.75) is 25.2 Å². The third-order valence-corrected chi connectivity index (χ3v) is 2.94. The lowest BCUT2D eigenvalue weighted by Crippen LogP contribution is -2.00. The second kappa shape index (κ2) is 2.02. The van der Waals surface area contributed by atoms with Gasteiger partial charge in [0.2, 0.25) is 0 Å². The van der Waals surface area contributed by atoms with E-state index in [2.05, 4.69) is 16.3 Å². The molecule has 2 rings (SSSR count). The predicted octanol–water partition coefficient (Wildman–Crippen LogP) is 1.40. The van der Waals surface area contributed by atoms with E-state index >= 15 is 0 Å². The molecule has 0 radical (unpaired) electrons. The molecule has 4 heteroatoms. The summed E-state index contributed by atoms with van der Waals surface area (Å²) >= 11 is 1.54. The van der Waals surface area contributed by atoms with Gasteiger partial charge in [-0.15, -0.1) is 21.5 Å². The summed E-state index contributed by atoms with van der Waals surface area (Å²) < 4.78 is 0. The molecule has 1 saturated carbocycles. The second-order valence-corrected chi connectivity index (χ2v) is 4.00. The summed E-state index contributed by atoms with van der Waals surface area (Å²) in [5.74, 6) is 0. The topological polar surface area (TPSA) is 49.6 Å². The van der Waals surface area contributed by atoms with Gasteiger partial charge >= 0.3 is 0 Å². The molecule has 0 amide bonds. The van der Waals surface area contributed by atoms with Gasteiger partial charge in [0, 0.05) is 0 Å². The fourth-order valence-electron chi connectivity index (χ4n) is 0.988. The van der Waals surface area contributed by atoms with Crippen LogP contribution in [0.5, 0.6) is 0 Å². The summed E-state index contributed by atoms with van der Waals surface area (Å²) in [6.07, 6.45) is 1.91. The van der Waals surface area contributed by atoms with Gasteiger partial charge in [-0.2, -0.15) is 5.26 Å². The lowest BCUT2D eigenvalue weighted by Gasteiger charge is -1.94. The lowest BCUT2D eigenvalue weighted by atomic mass is 10.1. The fraction of sp³-hybridized carbons (Fsp3) is 0.571. The van der Waals surface area contributed by atoms with E-state index in [1.807, 2.05) is 6.92 Å². The quantitative estimate of drug-likeness (QED) is 0.632. The molecule has 0 aromatic carbocycles. The van der Waals surface area contributed by atoms with Crippen LogP contribution in [0.2, 0.25) is 0 Å². The van der Waals surface area contributed by atoms with Crippen LogP contribution in [-0.4, -0.2) is 10.2 Å². The minimum atomic E-state index is -0.244. The highest BCUT2D eigenvalue weighted by molar-refractivity contribution is 7.11. The van der Waals surface area contributed by atoms with E-state index in [9.17, 15) is 0 Å². The zero-order valence-electron chi connectivity index (χ0n) is 6.16. The Labute approximate surface area is 68.7 Å². The van der Waals surface area contributed by atoms with Gasteiger partial charge in [0.05, 0.1) is 6.07 Å². The Balaban J connectivity index is 2.38. The Bertz CT molecular complexity index is 319. The molecule has 0 bridgehead atoms. The average molecular weight is 165 g/mol. The van der Waals surface area contributed by atoms with Crippen molar-refractivity contribution >= 4 is 11.3 Å². The van der Waals surface area contributed by atoms with E-state index in [-0.39, 0.29) is 5.41 Å². The van der Waals surface area contributed by atoms with E-state index in [0.717, 1.165) is 22.9 Å². The predicted molar refractivity (Wildman–Crippen MR) is 41.2 cm³/mol. The maximum absolute atomic E-state index is 8.81. The molecule has 1 aromatic rings. The van der Waals surface area contributed by atoms with Gasteiger partial charge in [-0.25, -0.2) is 0 Å². The summed E-state index contributed by atoms with van der Waals surface area (Å²) in [6, 6.07) is 2.29. The molecule has 1 fully saturated rings. The molecule has 56 valence electrons. The van der Waals surface area contributed by atoms with Crippen molar-refractivity contribution in [2.75, 3.05) is 0 Å². The molecule has 1 aliphatic carbocycles. The number of aryl methyl sites for hydroxylation is 1. The first-order valence-corrected chi connectivity index (χ1v) is 4.30. The molecule has 0 saturated heterocycles. The van der Waals surface area contributed by atoms with E-state index in [0.29, 0.717) is 0 Å². The van der Waals surface area contributed by atoms with Crippen LogP contribution in [0.1, 0.15) is 22.9 Å². The SMILES string of the molecule is Cc1nnc(C2(C#N)CC2)s1. The van der Waals surface area contributed by atoms with Gasteiger partial charge in [0.25, 0.3) is 0 Å². The van der Waals surface area contributed by atoms with Gasteiger partial charge in [0.1, 0.15) is 15.4 Å². The number of hydrogen-bond donors (Lipinski definition) is 0. The average Bonchev–Trinajstić information content (AvgIpc) is 2.70. The first kappa shape index (κ1) is 6.74. The number of rotatable bonds is 1. The third kappa shape index (κ3) is 0.925. The normalized spacial score (nSPS) is 19.3. The van der Waals surface area contributed by atoms with Crippen molar-refractivity contribution in [3.05, 3.63) is 10.0 Å². The second-order valence-electron chi connectivity index (χ2n) is 2.82. The van der Waals surface area contributed by atoms with Crippen molar-refractivity contribution in [1.82, 2.24) is 10.2 Å². The maximum Gasteiger partial charge on any atom is 0.137 e. The van der Waals surface area contributed by atoms with Crippen LogP contribution in [0.4, 0.5) is 0 Å². The van der Waals surface area contributed by atoms with Crippen LogP contribution in [0.15, 0.2) is 0 Å². The Morgan fingerprint density at radius 2 is 2.27 bits per heavy atom. The molecule has 3 nitrogen and oxygen atoms in total. The van der Waals surface area contributed by atoms with Crippen LogP contribution in [0, 0.1) is 18.3 Å². The maximum atomic E-state index is 8.81. The molecule has 1 heterocycles. The van der Waals surface area contributed by atoms with Crippen LogP contribution in [0.3, 0.4) is 0 Å². The zero-order valence-corrected chi connectivity index (χ0v) is 6.98. The van der Waals surface area contributed by atoms with Crippen molar-refractivity contribution in [3.63, 3.8) is 0 Å². The highest BCUT2D eigenvalue weighted by Gasteiger charge is 2.48. The minimum Gasteiger partial charge on any atom is -0.197 e. The Morgan fingerprint density at radius 3 is 2.64 bits per heavy atom. The number of aromatic nitrogens is 2. The first-order chi connectivity index (χ1) is 5.27. The fourth-order valence-corrected chi connectivity index (χ4v) is 1.88. The van der Waals surface area contributed by atoms with Crippen LogP contribution in [-0.2, 0) is 5.41 Å². The molecule has 0 N–H and O–H groups in total. The molecule has 0 atom stereocenters. The summed E-state index contributed by atoms with van der Waals surface area (Å²) in [7, 11) is 0. The molecule has 0 spiro atoms. The monoisotopic (exact) mass is 165 g/mol. The number of nitrogens with zero attached hydrogens (tertiary/aromatic N) is 3. The van der Waals surface area contributed by atoms with Gasteiger partial charge in [-0.1, -0.05) is 0 Å². The number of hydrogen-bond acceptors (Lipinski definition) is 4. The summed E-state index contributed by atoms with van der Waals surface area (Å²) in [6.45, 7) is 1.91. The lowest BCUT2D eigenvalue weighted by molar-refractivity contribution is 0.848. The van der Waals surface area contributed by atoms with Crippen LogP contribution in [0.25, 0.3) is 0 Å². The van der Waals surface area contributed by atoms with E-state index in [4.69, 9.17) is 5.26 Å². The van der Waals surface area contributed by atoms with Crippen molar-refractivity contribution in [3.8, 4) is 6.07 Å². The van der Waals surface area contributed by atoms with Crippen molar-refractivity contribution in [2.24, 2.45) is 0 Å². The highest BCUT2D eigenvalue weighted by Crippen LogP contribution is 2.48. The summed E-state index contributed by atoms with van der Waals surface area (Å²) in [5, 5.41) is 18.5. The standard InChI is InChI=1S/C7H7N3S/c1-5-9-10-6(11-5)7(4-8)2-3-7/h2-3H2,1H3. The zero-order chi connectivity index (χ0) is 7.90. The van der Waals surface area contributed by atoms with Crippen molar-refractivity contribution in [1.29, 1.82) is 5.26 Å². The molecular formula is C7H7N3S. The molecule has 1 aromatic heterocycles. The van der Waals surface area contributed by atoms with Crippen LogP contribution < -0.4 is 0 Å². The minimum absolute atomic E-state index is 0.244. The van der Waals surface area contributed by atoms with Gasteiger partial charge in [-0.3, -0.25) is 0 Å². The Kier molecular flexibility index (Phi) is 1.24. The molecule has 1 aliphatic rings. The van der Waals surface area contributed by atoms with Crippen molar-refractivity contribution < 1.29 is 0 Å². The molecule has 11 heavy (non-hydrogen) atoms. The summed E-state index contributed by atoms with van der Waals surface area (Å²) in [5.41, 5.74) is -0.244.